The van der Waals surface area contributed by atoms with Crippen LogP contribution in [0.5, 0.6) is 0 Å². The van der Waals surface area contributed by atoms with Gasteiger partial charge in [0.1, 0.15) is 0 Å². The Kier molecular flexibility index (Phi) is 6.89. The summed E-state index contributed by atoms with van der Waals surface area (Å²) in [5.74, 6) is -0.512. The lowest BCUT2D eigenvalue weighted by Gasteiger charge is -2.26. The molecule has 0 saturated heterocycles. The fourth-order valence-corrected chi connectivity index (χ4v) is 1.18. The molecule has 0 spiro atoms. The van der Waals surface area contributed by atoms with Crippen LogP contribution in [0.25, 0.3) is 0 Å². The quantitative estimate of drug-likeness (QED) is 0.542. The molecule has 0 radical (unpaired) electrons. The zero-order valence-electron chi connectivity index (χ0n) is 9.46. The number of hydrogen-bond donors (Lipinski definition) is 1. The van der Waals surface area contributed by atoms with E-state index in [9.17, 15) is 4.79 Å². The van der Waals surface area contributed by atoms with Gasteiger partial charge in [-0.15, -0.1) is 11.6 Å². The summed E-state index contributed by atoms with van der Waals surface area (Å²) in [5.41, 5.74) is -0.418. The number of carboxylic acid groups (broad SMARTS) is 1. The summed E-state index contributed by atoms with van der Waals surface area (Å²) >= 11 is 5.41. The number of halogens is 1. The Labute approximate surface area is 95.5 Å². The average Bonchev–Trinajstić information content (AvgIpc) is 2.08. The van der Waals surface area contributed by atoms with Crippen molar-refractivity contribution in [1.29, 1.82) is 0 Å². The molecule has 0 heterocycles. The number of alkyl halides is 1. The predicted octanol–water partition coefficient (Wildman–Crippen LogP) is 1.76. The topological polar surface area (TPSA) is 55.8 Å². The van der Waals surface area contributed by atoms with Gasteiger partial charge in [-0.05, 0) is 5.41 Å². The third kappa shape index (κ3) is 6.71. The van der Waals surface area contributed by atoms with Crippen molar-refractivity contribution in [2.45, 2.75) is 26.9 Å². The Balaban J connectivity index is 3.84. The molecular weight excluding hydrogens is 220 g/mol. The van der Waals surface area contributed by atoms with E-state index in [4.69, 9.17) is 26.2 Å². The second-order valence-corrected chi connectivity index (χ2v) is 4.63. The molecule has 4 nitrogen and oxygen atoms in total. The van der Waals surface area contributed by atoms with Crippen LogP contribution in [0.2, 0.25) is 0 Å². The maximum absolute atomic E-state index is 10.9. The van der Waals surface area contributed by atoms with Crippen LogP contribution in [0.4, 0.5) is 0 Å². The van der Waals surface area contributed by atoms with Gasteiger partial charge >= 0.3 is 5.97 Å². The monoisotopic (exact) mass is 238 g/mol. The number of hydrogen-bond acceptors (Lipinski definition) is 3. The second-order valence-electron chi connectivity index (χ2n) is 4.26. The van der Waals surface area contributed by atoms with Crippen LogP contribution in [0.1, 0.15) is 20.8 Å². The van der Waals surface area contributed by atoms with Crippen LogP contribution in [0, 0.1) is 5.41 Å². The Hall–Kier alpha value is -0.320. The van der Waals surface area contributed by atoms with E-state index >= 15 is 0 Å². The van der Waals surface area contributed by atoms with Crippen LogP contribution in [0.15, 0.2) is 0 Å². The van der Waals surface area contributed by atoms with Crippen molar-refractivity contribution in [2.75, 3.05) is 25.7 Å². The van der Waals surface area contributed by atoms with E-state index in [2.05, 4.69) is 0 Å². The highest BCUT2D eigenvalue weighted by Gasteiger charge is 2.31. The number of ether oxygens (including phenoxy) is 2. The third-order valence-electron chi connectivity index (χ3n) is 1.74. The highest BCUT2D eigenvalue weighted by atomic mass is 35.5. The van der Waals surface area contributed by atoms with Crippen LogP contribution >= 0.6 is 11.6 Å². The molecule has 1 atom stereocenters. The lowest BCUT2D eigenvalue weighted by atomic mass is 9.89. The van der Waals surface area contributed by atoms with Crippen molar-refractivity contribution in [2.24, 2.45) is 5.41 Å². The number of carboxylic acids is 1. The zero-order chi connectivity index (χ0) is 11.9. The Morgan fingerprint density at radius 1 is 1.33 bits per heavy atom. The first-order valence-corrected chi connectivity index (χ1v) is 5.41. The van der Waals surface area contributed by atoms with Gasteiger partial charge in [0, 0.05) is 5.88 Å². The average molecular weight is 239 g/mol. The minimum atomic E-state index is -0.945. The standard InChI is InChI=1S/C10H19ClO4/c1-10(2,3)8(9(12)13)15-7-6-14-5-4-11/h8H,4-7H2,1-3H3,(H,12,13). The van der Waals surface area contributed by atoms with Gasteiger partial charge in [-0.2, -0.15) is 0 Å². The van der Waals surface area contributed by atoms with E-state index in [1.54, 1.807) is 0 Å². The molecule has 90 valence electrons. The van der Waals surface area contributed by atoms with E-state index in [1.165, 1.54) is 0 Å². The van der Waals surface area contributed by atoms with Gasteiger partial charge in [-0.3, -0.25) is 0 Å². The molecule has 0 aromatic carbocycles. The van der Waals surface area contributed by atoms with E-state index in [0.29, 0.717) is 19.1 Å². The van der Waals surface area contributed by atoms with Crippen molar-refractivity contribution < 1.29 is 19.4 Å². The normalized spacial score (nSPS) is 13.9. The van der Waals surface area contributed by atoms with Crippen LogP contribution < -0.4 is 0 Å². The fraction of sp³-hybridized carbons (Fsp3) is 0.900. The largest absolute Gasteiger partial charge is 0.479 e. The molecule has 0 aromatic heterocycles. The minimum Gasteiger partial charge on any atom is -0.479 e. The molecule has 5 heteroatoms. The fourth-order valence-electron chi connectivity index (χ4n) is 1.07. The van der Waals surface area contributed by atoms with Gasteiger partial charge in [-0.25, -0.2) is 4.79 Å². The number of rotatable bonds is 7. The van der Waals surface area contributed by atoms with E-state index in [0.717, 1.165) is 0 Å². The number of carbonyl (C=O) groups is 1. The molecule has 0 aromatic rings. The first kappa shape index (κ1) is 14.7. The first-order valence-electron chi connectivity index (χ1n) is 4.87. The number of aliphatic carboxylic acids is 1. The molecule has 0 aliphatic rings. The zero-order valence-corrected chi connectivity index (χ0v) is 10.2. The molecule has 0 rings (SSSR count). The Bertz CT molecular complexity index is 188. The Morgan fingerprint density at radius 2 is 1.93 bits per heavy atom. The molecule has 0 fully saturated rings. The molecule has 0 bridgehead atoms. The molecular formula is C10H19ClO4. The van der Waals surface area contributed by atoms with Gasteiger partial charge in [0.05, 0.1) is 19.8 Å². The molecule has 0 amide bonds. The van der Waals surface area contributed by atoms with Crippen molar-refractivity contribution >= 4 is 17.6 Å². The molecule has 0 aliphatic heterocycles. The van der Waals surface area contributed by atoms with Crippen molar-refractivity contribution in [3.8, 4) is 0 Å². The second kappa shape index (κ2) is 7.04. The summed E-state index contributed by atoms with van der Waals surface area (Å²) in [6.07, 6.45) is -0.808. The van der Waals surface area contributed by atoms with Crippen LogP contribution in [-0.2, 0) is 14.3 Å². The summed E-state index contributed by atoms with van der Waals surface area (Å²) in [6.45, 7) is 6.57. The van der Waals surface area contributed by atoms with E-state index < -0.39 is 17.5 Å². The summed E-state index contributed by atoms with van der Waals surface area (Å²) in [5, 5.41) is 8.92. The highest BCUT2D eigenvalue weighted by molar-refractivity contribution is 6.17. The van der Waals surface area contributed by atoms with Crippen LogP contribution in [0.3, 0.4) is 0 Å². The molecule has 15 heavy (non-hydrogen) atoms. The highest BCUT2D eigenvalue weighted by Crippen LogP contribution is 2.22. The third-order valence-corrected chi connectivity index (χ3v) is 1.90. The van der Waals surface area contributed by atoms with Gasteiger partial charge < -0.3 is 14.6 Å². The van der Waals surface area contributed by atoms with Gasteiger partial charge in [0.2, 0.25) is 0 Å². The lowest BCUT2D eigenvalue weighted by Crippen LogP contribution is -2.37. The molecule has 1 N–H and O–H groups in total. The minimum absolute atomic E-state index is 0.269. The predicted molar refractivity (Wildman–Crippen MR) is 58.4 cm³/mol. The summed E-state index contributed by atoms with van der Waals surface area (Å²) in [7, 11) is 0. The van der Waals surface area contributed by atoms with Gasteiger partial charge in [-0.1, -0.05) is 20.8 Å². The van der Waals surface area contributed by atoms with Crippen LogP contribution in [-0.4, -0.2) is 42.9 Å². The van der Waals surface area contributed by atoms with Crippen molar-refractivity contribution in [1.82, 2.24) is 0 Å². The Morgan fingerprint density at radius 3 is 2.33 bits per heavy atom. The molecule has 1 unspecified atom stereocenters. The lowest BCUT2D eigenvalue weighted by molar-refractivity contribution is -0.159. The first-order chi connectivity index (χ1) is 6.89. The molecule has 0 saturated carbocycles. The van der Waals surface area contributed by atoms with Crippen molar-refractivity contribution in [3.63, 3.8) is 0 Å². The van der Waals surface area contributed by atoms with E-state index in [1.807, 2.05) is 20.8 Å². The molecule has 0 aliphatic carbocycles. The van der Waals surface area contributed by atoms with Gasteiger partial charge in [0.15, 0.2) is 6.10 Å². The van der Waals surface area contributed by atoms with E-state index in [-0.39, 0.29) is 6.61 Å². The summed E-state index contributed by atoms with van der Waals surface area (Å²) in [4.78, 5) is 10.9. The summed E-state index contributed by atoms with van der Waals surface area (Å²) in [6, 6.07) is 0. The smallest absolute Gasteiger partial charge is 0.333 e. The summed E-state index contributed by atoms with van der Waals surface area (Å²) < 4.78 is 10.3. The van der Waals surface area contributed by atoms with Crippen molar-refractivity contribution in [3.05, 3.63) is 0 Å². The SMILES string of the molecule is CC(C)(C)C(OCCOCCCl)C(=O)O. The maximum Gasteiger partial charge on any atom is 0.333 e. The maximum atomic E-state index is 10.9. The van der Waals surface area contributed by atoms with Gasteiger partial charge in [0.25, 0.3) is 0 Å².